The van der Waals surface area contributed by atoms with Gasteiger partial charge < -0.3 is 4.74 Å². The highest BCUT2D eigenvalue weighted by atomic mass is 16.5. The second-order valence-corrected chi connectivity index (χ2v) is 13.9. The number of pyridine rings is 1. The number of fused-ring (bicyclic) bond motifs is 5. The summed E-state index contributed by atoms with van der Waals surface area (Å²) >= 11 is 0. The van der Waals surface area contributed by atoms with Gasteiger partial charge in [-0.05, 0) is 76.3 Å². The standard InChI is InChI=1S/C36H40NO/c1-21-10-12-27-28(16-21)22(2)30-32-31-24(14-15-37(32)9)18-25-17-23(19-35(3,4)5)11-13-26(25)33(31)38-34(30)29(27)20-36(6,7)8/h10-18H,19-20H2,1-9H3/q+1. The molecule has 2 heteroatoms. The number of benzene rings is 4. The van der Waals surface area contributed by atoms with Crippen molar-refractivity contribution < 1.29 is 9.30 Å². The molecular formula is C36H40NO+. The molecule has 0 saturated carbocycles. The molecule has 0 spiro atoms. The predicted molar refractivity (Wildman–Crippen MR) is 161 cm³/mol. The summed E-state index contributed by atoms with van der Waals surface area (Å²) in [5, 5.41) is 7.54. The number of hydrogen-bond acceptors (Lipinski definition) is 1. The smallest absolute Gasteiger partial charge is 0.228 e. The topological polar surface area (TPSA) is 13.1 Å². The molecule has 0 atom stereocenters. The molecule has 0 bridgehead atoms. The summed E-state index contributed by atoms with van der Waals surface area (Å²) in [6.45, 7) is 18.3. The average molecular weight is 503 g/mol. The van der Waals surface area contributed by atoms with E-state index in [9.17, 15) is 0 Å². The number of aromatic nitrogens is 1. The van der Waals surface area contributed by atoms with E-state index in [1.54, 1.807) is 0 Å². The molecule has 0 fully saturated rings. The summed E-state index contributed by atoms with van der Waals surface area (Å²) in [7, 11) is 2.17. The Kier molecular flexibility index (Phi) is 5.44. The highest BCUT2D eigenvalue weighted by Gasteiger charge is 2.34. The van der Waals surface area contributed by atoms with Gasteiger partial charge in [0.2, 0.25) is 5.69 Å². The van der Waals surface area contributed by atoms with E-state index in [-0.39, 0.29) is 10.8 Å². The highest BCUT2D eigenvalue weighted by Crippen LogP contribution is 2.53. The summed E-state index contributed by atoms with van der Waals surface area (Å²) in [5.74, 6) is 2.04. The van der Waals surface area contributed by atoms with Crippen LogP contribution < -0.4 is 9.30 Å². The Morgan fingerprint density at radius 3 is 2.13 bits per heavy atom. The lowest BCUT2D eigenvalue weighted by Crippen LogP contribution is -2.32. The first-order chi connectivity index (χ1) is 17.8. The third-order valence-corrected chi connectivity index (χ3v) is 7.92. The van der Waals surface area contributed by atoms with Gasteiger partial charge in [-0.1, -0.05) is 83.5 Å². The molecule has 2 heterocycles. The predicted octanol–water partition coefficient (Wildman–Crippen LogP) is 9.54. The number of rotatable bonds is 2. The molecule has 1 aliphatic heterocycles. The third kappa shape index (κ3) is 4.06. The van der Waals surface area contributed by atoms with Gasteiger partial charge in [0.15, 0.2) is 6.20 Å². The van der Waals surface area contributed by atoms with Gasteiger partial charge in [0.1, 0.15) is 18.5 Å². The molecule has 0 amide bonds. The third-order valence-electron chi connectivity index (χ3n) is 7.92. The van der Waals surface area contributed by atoms with Crippen LogP contribution >= 0.6 is 0 Å². The Bertz CT molecular complexity index is 1780. The average Bonchev–Trinajstić information content (AvgIpc) is 2.81. The van der Waals surface area contributed by atoms with E-state index in [1.807, 2.05) is 0 Å². The van der Waals surface area contributed by atoms with Gasteiger partial charge in [-0.15, -0.1) is 0 Å². The minimum atomic E-state index is 0.124. The van der Waals surface area contributed by atoms with Gasteiger partial charge in [-0.2, -0.15) is 0 Å². The fourth-order valence-electron chi connectivity index (χ4n) is 6.41. The van der Waals surface area contributed by atoms with Crippen molar-refractivity contribution in [3.05, 3.63) is 77.0 Å². The van der Waals surface area contributed by atoms with E-state index in [0.717, 1.165) is 24.3 Å². The lowest BCUT2D eigenvalue weighted by molar-refractivity contribution is -0.659. The van der Waals surface area contributed by atoms with E-state index in [0.29, 0.717) is 0 Å². The molecule has 6 rings (SSSR count). The first-order valence-electron chi connectivity index (χ1n) is 13.9. The van der Waals surface area contributed by atoms with Gasteiger partial charge in [0.25, 0.3) is 0 Å². The van der Waals surface area contributed by atoms with E-state index in [4.69, 9.17) is 4.74 Å². The molecule has 0 radical (unpaired) electrons. The normalized spacial score (nSPS) is 13.3. The Morgan fingerprint density at radius 1 is 0.711 bits per heavy atom. The molecule has 0 N–H and O–H groups in total. The van der Waals surface area contributed by atoms with Crippen LogP contribution in [0, 0.1) is 24.7 Å². The Morgan fingerprint density at radius 2 is 1.42 bits per heavy atom. The van der Waals surface area contributed by atoms with Crippen molar-refractivity contribution in [1.29, 1.82) is 0 Å². The maximum Gasteiger partial charge on any atom is 0.228 e. The molecule has 2 nitrogen and oxygen atoms in total. The van der Waals surface area contributed by atoms with Gasteiger partial charge in [-0.3, -0.25) is 0 Å². The van der Waals surface area contributed by atoms with Crippen LogP contribution in [0.1, 0.15) is 63.8 Å². The van der Waals surface area contributed by atoms with Crippen LogP contribution in [-0.4, -0.2) is 0 Å². The van der Waals surface area contributed by atoms with Crippen molar-refractivity contribution in [2.75, 3.05) is 0 Å². The molecule has 0 saturated heterocycles. The SMILES string of the molecule is Cc1ccc2c(CC(C)(C)C)c3c(c(C)c2c1)-c1c2c(c4ccc(CC(C)(C)C)cc4cc2cc[n+]1C)O3. The van der Waals surface area contributed by atoms with Crippen LogP contribution in [0.15, 0.2) is 54.7 Å². The summed E-state index contributed by atoms with van der Waals surface area (Å²) in [6, 6.07) is 18.4. The quantitative estimate of drug-likeness (QED) is 0.170. The molecular weight excluding hydrogens is 462 g/mol. The van der Waals surface area contributed by atoms with Crippen LogP contribution in [0.5, 0.6) is 11.5 Å². The van der Waals surface area contributed by atoms with E-state index in [2.05, 4.69) is 122 Å². The molecule has 38 heavy (non-hydrogen) atoms. The zero-order chi connectivity index (χ0) is 27.1. The number of ether oxygens (including phenoxy) is 1. The summed E-state index contributed by atoms with van der Waals surface area (Å²) < 4.78 is 9.44. The second kappa shape index (κ2) is 8.30. The van der Waals surface area contributed by atoms with Gasteiger partial charge in [-0.25, -0.2) is 4.57 Å². The minimum absolute atomic E-state index is 0.124. The van der Waals surface area contributed by atoms with Crippen LogP contribution in [0.25, 0.3) is 43.6 Å². The summed E-state index contributed by atoms with van der Waals surface area (Å²) in [4.78, 5) is 0. The fraction of sp³-hybridized carbons (Fsp3) is 0.361. The van der Waals surface area contributed by atoms with E-state index < -0.39 is 0 Å². The molecule has 1 aliphatic rings. The maximum atomic E-state index is 7.14. The van der Waals surface area contributed by atoms with Crippen LogP contribution in [0.4, 0.5) is 0 Å². The van der Waals surface area contributed by atoms with Crippen LogP contribution in [-0.2, 0) is 19.9 Å². The zero-order valence-electron chi connectivity index (χ0n) is 24.5. The van der Waals surface area contributed by atoms with Crippen molar-refractivity contribution in [2.45, 2.75) is 68.2 Å². The van der Waals surface area contributed by atoms with Crippen molar-refractivity contribution in [3.63, 3.8) is 0 Å². The highest BCUT2D eigenvalue weighted by molar-refractivity contribution is 6.13. The van der Waals surface area contributed by atoms with E-state index >= 15 is 0 Å². The number of nitrogens with zero attached hydrogens (tertiary/aromatic N) is 1. The van der Waals surface area contributed by atoms with E-state index in [1.165, 1.54) is 65.8 Å². The number of aryl methyl sites for hydroxylation is 3. The molecule has 5 aromatic rings. The lowest BCUT2D eigenvalue weighted by Gasteiger charge is -2.29. The Balaban J connectivity index is 1.73. The van der Waals surface area contributed by atoms with Gasteiger partial charge >= 0.3 is 0 Å². The summed E-state index contributed by atoms with van der Waals surface area (Å²) in [6.07, 6.45) is 4.21. The van der Waals surface area contributed by atoms with Crippen molar-refractivity contribution in [1.82, 2.24) is 0 Å². The van der Waals surface area contributed by atoms with Crippen LogP contribution in [0.3, 0.4) is 0 Å². The maximum absolute atomic E-state index is 7.14. The molecule has 4 aromatic carbocycles. The lowest BCUT2D eigenvalue weighted by atomic mass is 9.81. The van der Waals surface area contributed by atoms with Crippen LogP contribution in [0.2, 0.25) is 0 Å². The molecule has 0 unspecified atom stereocenters. The zero-order valence-corrected chi connectivity index (χ0v) is 24.5. The Hall–Kier alpha value is -3.39. The van der Waals surface area contributed by atoms with Crippen molar-refractivity contribution in [2.24, 2.45) is 17.9 Å². The summed E-state index contributed by atoms with van der Waals surface area (Å²) in [5.41, 5.74) is 8.15. The first kappa shape index (κ1) is 24.9. The first-order valence-corrected chi connectivity index (χ1v) is 13.9. The number of hydrogen-bond donors (Lipinski definition) is 0. The molecule has 194 valence electrons. The monoisotopic (exact) mass is 502 g/mol. The van der Waals surface area contributed by atoms with Gasteiger partial charge in [0.05, 0.1) is 10.9 Å². The molecule has 0 aliphatic carbocycles. The minimum Gasteiger partial charge on any atom is -0.455 e. The fourth-order valence-corrected chi connectivity index (χ4v) is 6.41. The largest absolute Gasteiger partial charge is 0.455 e. The van der Waals surface area contributed by atoms with Crippen molar-refractivity contribution in [3.8, 4) is 22.8 Å². The van der Waals surface area contributed by atoms with Crippen molar-refractivity contribution >= 4 is 32.3 Å². The van der Waals surface area contributed by atoms with Gasteiger partial charge in [0, 0.05) is 17.0 Å². The Labute approximate surface area is 227 Å². The second-order valence-electron chi connectivity index (χ2n) is 13.9. The molecule has 1 aromatic heterocycles.